The van der Waals surface area contributed by atoms with Crippen LogP contribution in [0, 0.1) is 0 Å². The minimum absolute atomic E-state index is 0.298. The molecule has 8 heteroatoms. The van der Waals surface area contributed by atoms with Crippen LogP contribution in [0.25, 0.3) is 145 Å². The third-order valence-corrected chi connectivity index (χ3v) is 33.5. The number of hydrogen-bond acceptors (Lipinski definition) is 8. The highest BCUT2D eigenvalue weighted by molar-refractivity contribution is 7.27. The van der Waals surface area contributed by atoms with Crippen LogP contribution in [0.5, 0.6) is 0 Å². The number of rotatable bonds is 16. The van der Waals surface area contributed by atoms with Gasteiger partial charge >= 0.3 is 0 Å². The fraction of sp³-hybridized carbons (Fsp3) is 0.148. The van der Waals surface area contributed by atoms with Crippen LogP contribution in [-0.4, -0.2) is 0 Å². The molecule has 24 aromatic rings. The standard InChI is InChI=1S/C64H52N2S2.C58H44N2S2/c1-5-19-41(20-6-1)53-39-57(65(43-23-9-3-10-24-43)55-31-17-29-49-45-27-13-15-33-59(45)67-63(49)55)51-38-36-48-54(42-21-7-2-8-22-42)40-58(52-37-35-47(53)61(51)62(48)52)66(44-25-11-4-12-26-44)56-32-18-30-50-46-28-14-16-34-60(46)68-64(50)56;1-35(2)47-33-51(59(37-17-7-5-8-18-37)49-25-15-23-43-39-21-11-13-27-53(39)61-57(43)49)45-32-30-42-48(36(3)4)34-52(46-31-29-41(47)55(45)56(42)46)60(38-19-9-6-10-20-38)50-26-16-24-44-40-22-12-14-28-54(40)62-58(44)50/h3-4,9-18,23-42H,1-2,5-8,19-22H2;5-36H,1-4H3. The van der Waals surface area contributed by atoms with Crippen molar-refractivity contribution in [2.45, 2.75) is 116 Å². The van der Waals surface area contributed by atoms with Crippen LogP contribution >= 0.6 is 45.3 Å². The van der Waals surface area contributed by atoms with E-state index in [-0.39, 0.29) is 0 Å². The molecule has 0 saturated heterocycles. The smallest absolute Gasteiger partial charge is 0.0640 e. The molecule has 4 aromatic heterocycles. The first-order valence-corrected chi connectivity index (χ1v) is 50.1. The van der Waals surface area contributed by atoms with Gasteiger partial charge in [-0.05, 0) is 236 Å². The second-order valence-electron chi connectivity index (χ2n) is 36.8. The number of hydrogen-bond donors (Lipinski definition) is 0. The van der Waals surface area contributed by atoms with Gasteiger partial charge in [0.25, 0.3) is 0 Å². The van der Waals surface area contributed by atoms with Gasteiger partial charge in [-0.25, -0.2) is 0 Å². The van der Waals surface area contributed by atoms with Crippen LogP contribution in [0.15, 0.2) is 364 Å². The third kappa shape index (κ3) is 12.9. The molecular weight excluding hydrogens is 1650 g/mol. The summed E-state index contributed by atoms with van der Waals surface area (Å²) in [6.45, 7) is 9.40. The Labute approximate surface area is 774 Å². The molecule has 0 bridgehead atoms. The molecule has 0 atom stereocenters. The van der Waals surface area contributed by atoms with Crippen molar-refractivity contribution < 1.29 is 0 Å². The van der Waals surface area contributed by atoms with E-state index in [9.17, 15) is 0 Å². The molecule has 4 nitrogen and oxygen atoms in total. The fourth-order valence-corrected chi connectivity index (χ4v) is 27.6. The van der Waals surface area contributed by atoms with Crippen LogP contribution < -0.4 is 19.6 Å². The van der Waals surface area contributed by atoms with Crippen molar-refractivity contribution in [2.75, 3.05) is 19.6 Å². The molecule has 130 heavy (non-hydrogen) atoms. The summed E-state index contributed by atoms with van der Waals surface area (Å²) in [4.78, 5) is 10.3. The lowest BCUT2D eigenvalue weighted by atomic mass is 9.77. The van der Waals surface area contributed by atoms with E-state index < -0.39 is 0 Å². The summed E-state index contributed by atoms with van der Waals surface area (Å²) in [5.41, 5.74) is 20.3. The first-order valence-electron chi connectivity index (χ1n) is 46.8. The third-order valence-electron chi connectivity index (χ3n) is 28.7. The first kappa shape index (κ1) is 78.8. The molecule has 628 valence electrons. The van der Waals surface area contributed by atoms with Crippen molar-refractivity contribution in [3.05, 3.63) is 386 Å². The van der Waals surface area contributed by atoms with Gasteiger partial charge in [-0.1, -0.05) is 309 Å². The molecule has 0 spiro atoms. The highest BCUT2D eigenvalue weighted by Crippen LogP contribution is 2.59. The molecule has 2 fully saturated rings. The molecule has 4 heterocycles. The summed E-state index contributed by atoms with van der Waals surface area (Å²) in [5, 5.41) is 26.7. The van der Waals surface area contributed by atoms with Gasteiger partial charge in [0, 0.05) is 106 Å². The highest BCUT2D eigenvalue weighted by atomic mass is 32.1. The van der Waals surface area contributed by atoms with E-state index in [0.717, 1.165) is 11.4 Å². The SMILES string of the molecule is CC(C)c1cc(N(c2ccccc2)c2cccc3c2sc2ccccc23)c2ccc3c(C(C)C)cc(N(c4ccccc4)c4cccc5c4sc4ccccc45)c4ccc1c2c34.c1ccc(N(c2cc(C3CCCCC3)c3ccc4c(N(c5ccccc5)c5cccc6c5sc5ccccc56)cc(C5CCCCC5)c5ccc2c3c54)c2cccc3c2sc2ccccc23)cc1. The predicted molar refractivity (Wildman–Crippen MR) is 570 cm³/mol. The Morgan fingerprint density at radius 3 is 0.708 bits per heavy atom. The number of fused-ring (bicyclic) bond motifs is 12. The van der Waals surface area contributed by atoms with Gasteiger partial charge in [-0.15, -0.1) is 45.3 Å². The van der Waals surface area contributed by atoms with Gasteiger partial charge in [0.1, 0.15) is 0 Å². The maximum atomic E-state index is 2.64. The molecule has 0 radical (unpaired) electrons. The first-order chi connectivity index (χ1) is 64.2. The minimum atomic E-state index is 0.298. The molecule has 0 amide bonds. The van der Waals surface area contributed by atoms with E-state index in [1.54, 1.807) is 0 Å². The monoisotopic (exact) mass is 1740 g/mol. The summed E-state index contributed by atoms with van der Waals surface area (Å²) in [5.74, 6) is 1.61. The molecule has 20 aromatic carbocycles. The normalized spacial score (nSPS) is 13.8. The Morgan fingerprint density at radius 1 is 0.200 bits per heavy atom. The average molecular weight is 1750 g/mol. The maximum Gasteiger partial charge on any atom is 0.0640 e. The number of thiophene rings is 4. The largest absolute Gasteiger partial charge is 0.308 e. The highest BCUT2D eigenvalue weighted by Gasteiger charge is 2.34. The van der Waals surface area contributed by atoms with Crippen LogP contribution in [-0.2, 0) is 0 Å². The van der Waals surface area contributed by atoms with Crippen molar-refractivity contribution in [3.63, 3.8) is 0 Å². The lowest BCUT2D eigenvalue weighted by Crippen LogP contribution is -2.14. The Morgan fingerprint density at radius 2 is 0.431 bits per heavy atom. The zero-order valence-corrected chi connectivity index (χ0v) is 76.7. The van der Waals surface area contributed by atoms with Crippen LogP contribution in [0.4, 0.5) is 68.2 Å². The zero-order chi connectivity index (χ0) is 86.3. The molecule has 0 N–H and O–H groups in total. The molecule has 2 aliphatic carbocycles. The number of para-hydroxylation sites is 4. The zero-order valence-electron chi connectivity index (χ0n) is 73.4. The van der Waals surface area contributed by atoms with E-state index >= 15 is 0 Å². The Hall–Kier alpha value is -13.4. The Bertz CT molecular complexity index is 7990. The fourth-order valence-electron chi connectivity index (χ4n) is 22.8. The molecule has 0 unspecified atom stereocenters. The molecule has 2 saturated carbocycles. The van der Waals surface area contributed by atoms with E-state index in [0.29, 0.717) is 23.7 Å². The van der Waals surface area contributed by atoms with E-state index in [4.69, 9.17) is 0 Å². The molecular formula is C122H96N4S4. The van der Waals surface area contributed by atoms with Crippen LogP contribution in [0.3, 0.4) is 0 Å². The van der Waals surface area contributed by atoms with E-state index in [2.05, 4.69) is 411 Å². The quantitative estimate of drug-likeness (QED) is 0.0894. The van der Waals surface area contributed by atoms with Gasteiger partial charge in [-0.2, -0.15) is 0 Å². The van der Waals surface area contributed by atoms with Crippen molar-refractivity contribution in [1.29, 1.82) is 0 Å². The predicted octanol–water partition coefficient (Wildman–Crippen LogP) is 38.9. The molecule has 0 aliphatic heterocycles. The average Bonchev–Trinajstić information content (AvgIpc) is 0.719. The van der Waals surface area contributed by atoms with Gasteiger partial charge in [0.05, 0.1) is 64.3 Å². The van der Waals surface area contributed by atoms with Gasteiger partial charge < -0.3 is 19.6 Å². The summed E-state index contributed by atoms with van der Waals surface area (Å²) in [6.07, 6.45) is 12.8. The van der Waals surface area contributed by atoms with Crippen molar-refractivity contribution >= 4 is 259 Å². The topological polar surface area (TPSA) is 13.0 Å². The van der Waals surface area contributed by atoms with Crippen LogP contribution in [0.1, 0.15) is 138 Å². The number of benzene rings is 20. The van der Waals surface area contributed by atoms with Gasteiger partial charge in [-0.3, -0.25) is 0 Å². The summed E-state index contributed by atoms with van der Waals surface area (Å²) in [7, 11) is 0. The number of nitrogens with zero attached hydrogens (tertiary/aromatic N) is 4. The Balaban J connectivity index is 0.000000141. The summed E-state index contributed by atoms with van der Waals surface area (Å²) in [6, 6.07) is 138. The molecule has 26 rings (SSSR count). The maximum absolute atomic E-state index is 2.64. The van der Waals surface area contributed by atoms with Crippen molar-refractivity contribution in [2.24, 2.45) is 0 Å². The van der Waals surface area contributed by atoms with Gasteiger partial charge in [0.15, 0.2) is 0 Å². The van der Waals surface area contributed by atoms with E-state index in [1.165, 1.54) is 289 Å². The second-order valence-corrected chi connectivity index (χ2v) is 41.0. The van der Waals surface area contributed by atoms with Gasteiger partial charge in [0.2, 0.25) is 0 Å². The Kier molecular flexibility index (Phi) is 19.6. The number of anilines is 12. The summed E-state index contributed by atoms with van der Waals surface area (Å²) >= 11 is 7.64. The lowest BCUT2D eigenvalue weighted by Gasteiger charge is -2.33. The van der Waals surface area contributed by atoms with Crippen molar-refractivity contribution in [3.8, 4) is 0 Å². The minimum Gasteiger partial charge on any atom is -0.308 e. The van der Waals surface area contributed by atoms with E-state index in [1.807, 2.05) is 45.3 Å². The lowest BCUT2D eigenvalue weighted by molar-refractivity contribution is 0.445. The van der Waals surface area contributed by atoms with Crippen LogP contribution in [0.2, 0.25) is 0 Å². The summed E-state index contributed by atoms with van der Waals surface area (Å²) < 4.78 is 10.5. The second kappa shape index (κ2) is 32.3. The van der Waals surface area contributed by atoms with Crippen molar-refractivity contribution in [1.82, 2.24) is 0 Å². The molecule has 2 aliphatic rings.